The third kappa shape index (κ3) is 3.08. The molecule has 0 saturated heterocycles. The second kappa shape index (κ2) is 6.21. The number of hydrogen-bond donors (Lipinski definition) is 2. The number of hydrogen-bond acceptors (Lipinski definition) is 4. The molecule has 130 valence electrons. The maximum atomic E-state index is 12.9. The first kappa shape index (κ1) is 17.0. The van der Waals surface area contributed by atoms with Crippen molar-refractivity contribution >= 4 is 26.7 Å². The molecule has 0 atom stereocenters. The third-order valence-corrected chi connectivity index (χ3v) is 5.82. The minimum Gasteiger partial charge on any atom is -0.316 e. The second-order valence-corrected chi connectivity index (χ2v) is 7.58. The molecule has 2 aromatic carbocycles. The normalized spacial score (nSPS) is 11.6. The lowest BCUT2D eigenvalue weighted by atomic mass is 10.1. The number of aryl methyl sites for hydroxylation is 1. The smallest absolute Gasteiger partial charge is 0.314 e. The molecule has 25 heavy (non-hydrogen) atoms. The molecule has 0 amide bonds. The standard InChI is InChI=1S/C17H17N3O4S/c1-3-11-5-4-6-12(9-11)20(2)25(23,24)13-7-8-14-15(10-13)19-17(22)16(21)18-14/h4-10H,3H2,1-2H3,(H,18,21)(H,19,22). The van der Waals surface area contributed by atoms with Crippen molar-refractivity contribution in [1.29, 1.82) is 0 Å². The first-order valence-corrected chi connectivity index (χ1v) is 9.11. The molecule has 8 heteroatoms. The van der Waals surface area contributed by atoms with Crippen LogP contribution in [-0.2, 0) is 16.4 Å². The lowest BCUT2D eigenvalue weighted by Gasteiger charge is -2.20. The first-order valence-electron chi connectivity index (χ1n) is 7.67. The molecule has 7 nitrogen and oxygen atoms in total. The van der Waals surface area contributed by atoms with E-state index >= 15 is 0 Å². The highest BCUT2D eigenvalue weighted by Crippen LogP contribution is 2.24. The molecule has 3 aromatic rings. The van der Waals surface area contributed by atoms with Crippen LogP contribution in [0, 0.1) is 0 Å². The summed E-state index contributed by atoms with van der Waals surface area (Å²) in [6.45, 7) is 1.99. The highest BCUT2D eigenvalue weighted by atomic mass is 32.2. The van der Waals surface area contributed by atoms with Gasteiger partial charge in [-0.2, -0.15) is 0 Å². The van der Waals surface area contributed by atoms with Crippen molar-refractivity contribution in [3.05, 3.63) is 68.7 Å². The van der Waals surface area contributed by atoms with Crippen molar-refractivity contribution in [3.63, 3.8) is 0 Å². The van der Waals surface area contributed by atoms with Gasteiger partial charge in [0.25, 0.3) is 10.0 Å². The van der Waals surface area contributed by atoms with E-state index in [9.17, 15) is 18.0 Å². The van der Waals surface area contributed by atoms with Gasteiger partial charge in [-0.3, -0.25) is 13.9 Å². The number of nitrogens with zero attached hydrogens (tertiary/aromatic N) is 1. The molecule has 2 N–H and O–H groups in total. The van der Waals surface area contributed by atoms with Gasteiger partial charge < -0.3 is 9.97 Å². The highest BCUT2D eigenvalue weighted by molar-refractivity contribution is 7.92. The molecule has 0 fully saturated rings. The molecule has 0 spiro atoms. The largest absolute Gasteiger partial charge is 0.316 e. The molecule has 3 rings (SSSR count). The Balaban J connectivity index is 2.09. The molecule has 0 bridgehead atoms. The van der Waals surface area contributed by atoms with Crippen LogP contribution >= 0.6 is 0 Å². The number of H-pyrrole nitrogens is 2. The number of rotatable bonds is 4. The number of aromatic nitrogens is 2. The molecule has 0 aliphatic rings. The van der Waals surface area contributed by atoms with Gasteiger partial charge in [-0.25, -0.2) is 8.42 Å². The fourth-order valence-electron chi connectivity index (χ4n) is 2.52. The van der Waals surface area contributed by atoms with Crippen LogP contribution < -0.4 is 15.4 Å². The van der Waals surface area contributed by atoms with E-state index < -0.39 is 21.1 Å². The minimum absolute atomic E-state index is 0.0205. The predicted octanol–water partition coefficient (Wildman–Crippen LogP) is 1.60. The van der Waals surface area contributed by atoms with E-state index in [0.717, 1.165) is 12.0 Å². The van der Waals surface area contributed by atoms with Crippen LogP contribution in [0.1, 0.15) is 12.5 Å². The van der Waals surface area contributed by atoms with Gasteiger partial charge in [-0.15, -0.1) is 0 Å². The van der Waals surface area contributed by atoms with Gasteiger partial charge in [0.05, 0.1) is 21.6 Å². The van der Waals surface area contributed by atoms with Gasteiger partial charge in [-0.1, -0.05) is 19.1 Å². The van der Waals surface area contributed by atoms with Crippen molar-refractivity contribution < 1.29 is 8.42 Å². The van der Waals surface area contributed by atoms with E-state index in [1.54, 1.807) is 6.07 Å². The number of fused-ring (bicyclic) bond motifs is 1. The fraction of sp³-hybridized carbons (Fsp3) is 0.176. The lowest BCUT2D eigenvalue weighted by Crippen LogP contribution is -2.29. The van der Waals surface area contributed by atoms with Crippen LogP contribution in [0.25, 0.3) is 11.0 Å². The van der Waals surface area contributed by atoms with E-state index in [1.165, 1.54) is 29.6 Å². The van der Waals surface area contributed by atoms with Crippen LogP contribution in [0.3, 0.4) is 0 Å². The van der Waals surface area contributed by atoms with Gasteiger partial charge in [-0.05, 0) is 42.3 Å². The minimum atomic E-state index is -3.81. The Morgan fingerprint density at radius 1 is 0.960 bits per heavy atom. The Kier molecular flexibility index (Phi) is 4.22. The van der Waals surface area contributed by atoms with E-state index in [-0.39, 0.29) is 10.4 Å². The summed E-state index contributed by atoms with van der Waals surface area (Å²) in [5.74, 6) is 0. The van der Waals surface area contributed by atoms with Gasteiger partial charge in [0, 0.05) is 7.05 Å². The lowest BCUT2D eigenvalue weighted by molar-refractivity contribution is 0.594. The summed E-state index contributed by atoms with van der Waals surface area (Å²) in [5, 5.41) is 0. The Morgan fingerprint density at radius 3 is 2.32 bits per heavy atom. The number of aromatic amines is 2. The van der Waals surface area contributed by atoms with E-state index in [2.05, 4.69) is 9.97 Å². The van der Waals surface area contributed by atoms with Crippen LogP contribution in [0.2, 0.25) is 0 Å². The van der Waals surface area contributed by atoms with E-state index in [1.807, 2.05) is 25.1 Å². The van der Waals surface area contributed by atoms with Crippen molar-refractivity contribution in [2.45, 2.75) is 18.2 Å². The van der Waals surface area contributed by atoms with Crippen molar-refractivity contribution in [2.75, 3.05) is 11.4 Å². The molecular weight excluding hydrogens is 342 g/mol. The number of sulfonamides is 1. The zero-order valence-corrected chi connectivity index (χ0v) is 14.6. The molecule has 1 heterocycles. The molecule has 0 aliphatic heterocycles. The van der Waals surface area contributed by atoms with Crippen LogP contribution in [0.5, 0.6) is 0 Å². The monoisotopic (exact) mass is 359 g/mol. The summed E-state index contributed by atoms with van der Waals surface area (Å²) >= 11 is 0. The van der Waals surface area contributed by atoms with Gasteiger partial charge in [0.15, 0.2) is 0 Å². The highest BCUT2D eigenvalue weighted by Gasteiger charge is 2.22. The molecular formula is C17H17N3O4S. The number of anilines is 1. The van der Waals surface area contributed by atoms with Gasteiger partial charge in [0.2, 0.25) is 0 Å². The summed E-state index contributed by atoms with van der Waals surface area (Å²) in [5.41, 5.74) is 0.581. The summed E-state index contributed by atoms with van der Waals surface area (Å²) < 4.78 is 27.0. The van der Waals surface area contributed by atoms with Crippen molar-refractivity contribution in [2.24, 2.45) is 0 Å². The maximum Gasteiger partial charge on any atom is 0.314 e. The van der Waals surface area contributed by atoms with Crippen LogP contribution in [0.15, 0.2) is 56.9 Å². The zero-order chi connectivity index (χ0) is 18.2. The summed E-state index contributed by atoms with van der Waals surface area (Å²) in [6.07, 6.45) is 0.798. The summed E-state index contributed by atoms with van der Waals surface area (Å²) in [6, 6.07) is 11.5. The Morgan fingerprint density at radius 2 is 1.64 bits per heavy atom. The van der Waals surface area contributed by atoms with Crippen molar-refractivity contribution in [3.8, 4) is 0 Å². The topological polar surface area (TPSA) is 103 Å². The average molecular weight is 359 g/mol. The first-order chi connectivity index (χ1) is 11.8. The Labute approximate surface area is 144 Å². The molecule has 0 aliphatic carbocycles. The van der Waals surface area contributed by atoms with E-state index in [4.69, 9.17) is 0 Å². The third-order valence-electron chi connectivity index (χ3n) is 4.03. The van der Waals surface area contributed by atoms with Gasteiger partial charge >= 0.3 is 11.1 Å². The Hall–Kier alpha value is -2.87. The predicted molar refractivity (Wildman–Crippen MR) is 96.6 cm³/mol. The SMILES string of the molecule is CCc1cccc(N(C)S(=O)(=O)c2ccc3[nH]c(=O)c(=O)[nH]c3c2)c1. The fourth-order valence-corrected chi connectivity index (χ4v) is 3.74. The Bertz CT molecular complexity index is 1160. The van der Waals surface area contributed by atoms with Crippen LogP contribution in [0.4, 0.5) is 5.69 Å². The quantitative estimate of drug-likeness (QED) is 0.691. The van der Waals surface area contributed by atoms with Crippen LogP contribution in [-0.4, -0.2) is 25.4 Å². The van der Waals surface area contributed by atoms with Gasteiger partial charge in [0.1, 0.15) is 0 Å². The molecule has 0 radical (unpaired) electrons. The molecule has 0 unspecified atom stereocenters. The maximum absolute atomic E-state index is 12.9. The van der Waals surface area contributed by atoms with E-state index in [0.29, 0.717) is 11.2 Å². The average Bonchev–Trinajstić information content (AvgIpc) is 2.61. The molecule has 0 saturated carbocycles. The summed E-state index contributed by atoms with van der Waals surface area (Å²) in [7, 11) is -2.34. The number of nitrogens with one attached hydrogen (secondary N) is 2. The zero-order valence-electron chi connectivity index (χ0n) is 13.7. The summed E-state index contributed by atoms with van der Waals surface area (Å²) in [4.78, 5) is 27.6. The van der Waals surface area contributed by atoms with Crippen molar-refractivity contribution in [1.82, 2.24) is 9.97 Å². The second-order valence-electron chi connectivity index (χ2n) is 5.61. The number of benzene rings is 2. The molecule has 1 aromatic heterocycles.